The highest BCUT2D eigenvalue weighted by atomic mass is 15.1. The molecule has 2 N–H and O–H groups in total. The van der Waals surface area contributed by atoms with Crippen molar-refractivity contribution in [3.05, 3.63) is 17.5 Å². The number of hydrogen-bond donors (Lipinski definition) is 2. The summed E-state index contributed by atoms with van der Waals surface area (Å²) < 4.78 is 0. The topological polar surface area (TPSA) is 40.7 Å². The van der Waals surface area contributed by atoms with Gasteiger partial charge in [0.2, 0.25) is 0 Å². The third-order valence-electron chi connectivity index (χ3n) is 2.64. The van der Waals surface area contributed by atoms with Gasteiger partial charge >= 0.3 is 0 Å². The summed E-state index contributed by atoms with van der Waals surface area (Å²) in [7, 11) is 0. The quantitative estimate of drug-likeness (QED) is 0.635. The highest BCUT2D eigenvalue weighted by Gasteiger charge is 2.31. The smallest absolute Gasteiger partial charge is 0.0829 e. The molecule has 1 aliphatic heterocycles. The lowest BCUT2D eigenvalue weighted by atomic mass is 9.81. The molecule has 0 aromatic carbocycles. The van der Waals surface area contributed by atoms with Gasteiger partial charge in [0.15, 0.2) is 0 Å². The van der Waals surface area contributed by atoms with Gasteiger partial charge in [-0.2, -0.15) is 5.10 Å². The van der Waals surface area contributed by atoms with Gasteiger partial charge in [-0.1, -0.05) is 20.8 Å². The first-order valence-corrected chi connectivity index (χ1v) is 4.85. The lowest BCUT2D eigenvalue weighted by Crippen LogP contribution is -2.37. The molecule has 72 valence electrons. The van der Waals surface area contributed by atoms with Crippen LogP contribution in [0.1, 0.15) is 38.1 Å². The van der Waals surface area contributed by atoms with E-state index >= 15 is 0 Å². The van der Waals surface area contributed by atoms with Crippen LogP contribution in [0, 0.1) is 5.41 Å². The van der Waals surface area contributed by atoms with Crippen LogP contribution in [0.2, 0.25) is 0 Å². The first kappa shape index (κ1) is 8.75. The van der Waals surface area contributed by atoms with Crippen molar-refractivity contribution in [2.45, 2.75) is 33.2 Å². The summed E-state index contributed by atoms with van der Waals surface area (Å²) in [5.41, 5.74) is 2.82. The van der Waals surface area contributed by atoms with Gasteiger partial charge in [-0.05, 0) is 23.9 Å². The normalized spacial score (nSPS) is 22.8. The van der Waals surface area contributed by atoms with E-state index in [1.165, 1.54) is 11.3 Å². The fraction of sp³-hybridized carbons (Fsp3) is 0.700. The SMILES string of the molecule is CC(C)(C)C1NCCc2c[nH]nc21. The Hall–Kier alpha value is -0.830. The number of H-pyrrole nitrogens is 1. The summed E-state index contributed by atoms with van der Waals surface area (Å²) in [5.74, 6) is 0. The van der Waals surface area contributed by atoms with E-state index in [2.05, 4.69) is 36.3 Å². The fourth-order valence-electron chi connectivity index (χ4n) is 1.94. The molecular weight excluding hydrogens is 162 g/mol. The van der Waals surface area contributed by atoms with Crippen LogP contribution in [0.5, 0.6) is 0 Å². The van der Waals surface area contributed by atoms with E-state index in [-0.39, 0.29) is 5.41 Å². The van der Waals surface area contributed by atoms with Gasteiger partial charge in [0.1, 0.15) is 0 Å². The molecule has 1 aromatic rings. The third kappa shape index (κ3) is 1.48. The number of rotatable bonds is 0. The van der Waals surface area contributed by atoms with Crippen LogP contribution in [0.3, 0.4) is 0 Å². The molecule has 0 radical (unpaired) electrons. The van der Waals surface area contributed by atoms with Gasteiger partial charge in [0, 0.05) is 6.20 Å². The predicted molar refractivity (Wildman–Crippen MR) is 52.5 cm³/mol. The monoisotopic (exact) mass is 179 g/mol. The van der Waals surface area contributed by atoms with Gasteiger partial charge < -0.3 is 5.32 Å². The van der Waals surface area contributed by atoms with Gasteiger partial charge in [-0.15, -0.1) is 0 Å². The molecule has 0 saturated carbocycles. The number of nitrogens with zero attached hydrogens (tertiary/aromatic N) is 1. The van der Waals surface area contributed by atoms with Crippen LogP contribution in [0.15, 0.2) is 6.20 Å². The summed E-state index contributed by atoms with van der Waals surface area (Å²) in [6.07, 6.45) is 3.12. The number of aromatic amines is 1. The van der Waals surface area contributed by atoms with E-state index in [1.54, 1.807) is 0 Å². The van der Waals surface area contributed by atoms with E-state index in [9.17, 15) is 0 Å². The maximum Gasteiger partial charge on any atom is 0.0829 e. The molecule has 13 heavy (non-hydrogen) atoms. The summed E-state index contributed by atoms with van der Waals surface area (Å²) in [6, 6.07) is 0.391. The zero-order valence-electron chi connectivity index (χ0n) is 8.52. The average molecular weight is 179 g/mol. The summed E-state index contributed by atoms with van der Waals surface area (Å²) in [6.45, 7) is 7.80. The van der Waals surface area contributed by atoms with Crippen molar-refractivity contribution in [2.24, 2.45) is 5.41 Å². The van der Waals surface area contributed by atoms with Crippen LogP contribution in [-0.4, -0.2) is 16.7 Å². The van der Waals surface area contributed by atoms with Crippen molar-refractivity contribution in [1.82, 2.24) is 15.5 Å². The van der Waals surface area contributed by atoms with Crippen molar-refractivity contribution in [3.8, 4) is 0 Å². The van der Waals surface area contributed by atoms with Crippen molar-refractivity contribution in [2.75, 3.05) is 6.54 Å². The van der Waals surface area contributed by atoms with Gasteiger partial charge in [-0.3, -0.25) is 5.10 Å². The Morgan fingerprint density at radius 3 is 2.92 bits per heavy atom. The van der Waals surface area contributed by atoms with Gasteiger partial charge in [0.25, 0.3) is 0 Å². The Morgan fingerprint density at radius 2 is 2.23 bits per heavy atom. The maximum absolute atomic E-state index is 4.32. The zero-order chi connectivity index (χ0) is 9.47. The largest absolute Gasteiger partial charge is 0.308 e. The van der Waals surface area contributed by atoms with Gasteiger partial charge in [0.05, 0.1) is 11.7 Å². The molecule has 1 aromatic heterocycles. The molecule has 2 rings (SSSR count). The molecule has 2 heterocycles. The summed E-state index contributed by atoms with van der Waals surface area (Å²) in [4.78, 5) is 0. The Balaban J connectivity index is 2.35. The molecule has 0 amide bonds. The molecular formula is C10H17N3. The molecule has 3 nitrogen and oxygen atoms in total. The summed E-state index contributed by atoms with van der Waals surface area (Å²) >= 11 is 0. The molecule has 3 heteroatoms. The molecule has 0 aliphatic carbocycles. The minimum atomic E-state index is 0.240. The number of hydrogen-bond acceptors (Lipinski definition) is 2. The highest BCUT2D eigenvalue weighted by molar-refractivity contribution is 5.24. The molecule has 1 unspecified atom stereocenters. The Kier molecular flexibility index (Phi) is 1.91. The highest BCUT2D eigenvalue weighted by Crippen LogP contribution is 2.35. The predicted octanol–water partition coefficient (Wildman–Crippen LogP) is 1.64. The number of aromatic nitrogens is 2. The van der Waals surface area contributed by atoms with Crippen molar-refractivity contribution in [3.63, 3.8) is 0 Å². The zero-order valence-corrected chi connectivity index (χ0v) is 8.52. The van der Waals surface area contributed by atoms with E-state index in [0.29, 0.717) is 6.04 Å². The first-order chi connectivity index (χ1) is 6.09. The second kappa shape index (κ2) is 2.84. The van der Waals surface area contributed by atoms with Gasteiger partial charge in [-0.25, -0.2) is 0 Å². The Labute approximate surface area is 78.9 Å². The fourth-order valence-corrected chi connectivity index (χ4v) is 1.94. The lowest BCUT2D eigenvalue weighted by molar-refractivity contribution is 0.258. The number of nitrogens with one attached hydrogen (secondary N) is 2. The molecule has 0 fully saturated rings. The van der Waals surface area contributed by atoms with E-state index < -0.39 is 0 Å². The lowest BCUT2D eigenvalue weighted by Gasteiger charge is -2.33. The molecule has 1 aliphatic rings. The number of fused-ring (bicyclic) bond motifs is 1. The standard InChI is InChI=1S/C10H17N3/c1-10(2,3)9-8-7(4-5-11-9)6-12-13-8/h6,9,11H,4-5H2,1-3H3,(H,12,13). The maximum atomic E-state index is 4.32. The Morgan fingerprint density at radius 1 is 1.46 bits per heavy atom. The van der Waals surface area contributed by atoms with Crippen LogP contribution in [0.4, 0.5) is 0 Å². The van der Waals surface area contributed by atoms with Crippen LogP contribution in [-0.2, 0) is 6.42 Å². The summed E-state index contributed by atoms with van der Waals surface area (Å²) in [5, 5.41) is 10.8. The van der Waals surface area contributed by atoms with Crippen molar-refractivity contribution >= 4 is 0 Å². The molecule has 0 spiro atoms. The van der Waals surface area contributed by atoms with E-state index in [4.69, 9.17) is 0 Å². The molecule has 0 bridgehead atoms. The van der Waals surface area contributed by atoms with Crippen LogP contribution < -0.4 is 5.32 Å². The first-order valence-electron chi connectivity index (χ1n) is 4.85. The average Bonchev–Trinajstić information content (AvgIpc) is 2.48. The minimum Gasteiger partial charge on any atom is -0.308 e. The van der Waals surface area contributed by atoms with E-state index in [1.807, 2.05) is 6.20 Å². The second-order valence-electron chi connectivity index (χ2n) is 4.80. The van der Waals surface area contributed by atoms with Crippen molar-refractivity contribution in [1.29, 1.82) is 0 Å². The van der Waals surface area contributed by atoms with Crippen molar-refractivity contribution < 1.29 is 0 Å². The Bertz CT molecular complexity index is 295. The second-order valence-corrected chi connectivity index (χ2v) is 4.80. The van der Waals surface area contributed by atoms with Crippen LogP contribution in [0.25, 0.3) is 0 Å². The molecule has 0 saturated heterocycles. The van der Waals surface area contributed by atoms with Crippen LogP contribution >= 0.6 is 0 Å². The third-order valence-corrected chi connectivity index (χ3v) is 2.64. The molecule has 1 atom stereocenters. The van der Waals surface area contributed by atoms with E-state index in [0.717, 1.165) is 13.0 Å². The minimum absolute atomic E-state index is 0.240.